The van der Waals surface area contributed by atoms with E-state index in [4.69, 9.17) is 15.7 Å². The van der Waals surface area contributed by atoms with Gasteiger partial charge in [0.15, 0.2) is 5.16 Å². The molecule has 0 bridgehead atoms. The van der Waals surface area contributed by atoms with Crippen LogP contribution in [0, 0.1) is 17.2 Å². The molecule has 2 atom stereocenters. The van der Waals surface area contributed by atoms with Crippen molar-refractivity contribution in [3.05, 3.63) is 11.8 Å². The van der Waals surface area contributed by atoms with Gasteiger partial charge in [0.25, 0.3) is 0 Å². The standard InChI is InChI=1S/C14H19N5O3S/c1-4-8(2)11(13(21)22-3)18-10(20)7-23-14-17-6-9(5-15)12(16)19-14/h6,8,11H,4,7H2,1-3H3,(H,18,20)(H2,16,17,19)/t8-,11-/m1/s1. The number of hydrogen-bond donors (Lipinski definition) is 2. The number of nitrogens with one attached hydrogen (secondary N) is 1. The molecule has 23 heavy (non-hydrogen) atoms. The van der Waals surface area contributed by atoms with Gasteiger partial charge in [0.2, 0.25) is 5.91 Å². The van der Waals surface area contributed by atoms with Gasteiger partial charge in [-0.1, -0.05) is 32.0 Å². The summed E-state index contributed by atoms with van der Waals surface area (Å²) >= 11 is 1.07. The van der Waals surface area contributed by atoms with E-state index in [1.807, 2.05) is 19.9 Å². The van der Waals surface area contributed by atoms with Crippen LogP contribution in [0.15, 0.2) is 11.4 Å². The Kier molecular flexibility index (Phi) is 7.28. The second kappa shape index (κ2) is 8.95. The smallest absolute Gasteiger partial charge is 0.328 e. The molecule has 3 N–H and O–H groups in total. The van der Waals surface area contributed by atoms with Gasteiger partial charge in [-0.15, -0.1) is 0 Å². The summed E-state index contributed by atoms with van der Waals surface area (Å²) in [6.45, 7) is 3.79. The number of rotatable bonds is 7. The summed E-state index contributed by atoms with van der Waals surface area (Å²) in [7, 11) is 1.28. The van der Waals surface area contributed by atoms with Crippen molar-refractivity contribution >= 4 is 29.5 Å². The van der Waals surface area contributed by atoms with Gasteiger partial charge in [-0.3, -0.25) is 4.79 Å². The third-order valence-corrected chi connectivity index (χ3v) is 4.09. The Morgan fingerprint density at radius 2 is 2.26 bits per heavy atom. The summed E-state index contributed by atoms with van der Waals surface area (Å²) in [6.07, 6.45) is 2.03. The van der Waals surface area contributed by atoms with Gasteiger partial charge in [0, 0.05) is 0 Å². The molecule has 1 amide bonds. The Morgan fingerprint density at radius 1 is 1.57 bits per heavy atom. The van der Waals surface area contributed by atoms with Gasteiger partial charge in [-0.05, 0) is 5.92 Å². The molecule has 1 rings (SSSR count). The van der Waals surface area contributed by atoms with Gasteiger partial charge < -0.3 is 15.8 Å². The van der Waals surface area contributed by atoms with Gasteiger partial charge in [-0.25, -0.2) is 14.8 Å². The minimum Gasteiger partial charge on any atom is -0.467 e. The zero-order chi connectivity index (χ0) is 17.4. The molecule has 0 aromatic carbocycles. The number of amides is 1. The van der Waals surface area contributed by atoms with Crippen LogP contribution in [-0.4, -0.2) is 40.7 Å². The highest BCUT2D eigenvalue weighted by molar-refractivity contribution is 7.99. The number of nitrogens with zero attached hydrogens (tertiary/aromatic N) is 3. The SMILES string of the molecule is CC[C@@H](C)[C@@H](NC(=O)CSc1ncc(C#N)c(N)n1)C(=O)OC. The first kappa shape index (κ1) is 18.7. The maximum absolute atomic E-state index is 12.0. The second-order valence-corrected chi connectivity index (χ2v) is 5.75. The molecule has 9 heteroatoms. The first-order chi connectivity index (χ1) is 10.9. The predicted molar refractivity (Wildman–Crippen MR) is 85.3 cm³/mol. The number of thioether (sulfide) groups is 1. The number of carbonyl (C=O) groups excluding carboxylic acids is 2. The molecule has 124 valence electrons. The normalized spacial score (nSPS) is 12.8. The molecule has 0 radical (unpaired) electrons. The van der Waals surface area contributed by atoms with Crippen molar-refractivity contribution in [1.82, 2.24) is 15.3 Å². The summed E-state index contributed by atoms with van der Waals surface area (Å²) in [4.78, 5) is 31.6. The van der Waals surface area contributed by atoms with Crippen LogP contribution in [0.3, 0.4) is 0 Å². The molecule has 1 aromatic heterocycles. The fraction of sp³-hybridized carbons (Fsp3) is 0.500. The lowest BCUT2D eigenvalue weighted by atomic mass is 9.99. The third-order valence-electron chi connectivity index (χ3n) is 3.23. The Balaban J connectivity index is 2.63. The van der Waals surface area contributed by atoms with Crippen LogP contribution in [0.2, 0.25) is 0 Å². The average Bonchev–Trinajstić information content (AvgIpc) is 2.56. The van der Waals surface area contributed by atoms with Crippen molar-refractivity contribution in [2.75, 3.05) is 18.6 Å². The second-order valence-electron chi connectivity index (χ2n) is 4.81. The van der Waals surface area contributed by atoms with E-state index in [2.05, 4.69) is 15.3 Å². The van der Waals surface area contributed by atoms with E-state index in [9.17, 15) is 9.59 Å². The lowest BCUT2D eigenvalue weighted by Gasteiger charge is -2.21. The van der Waals surface area contributed by atoms with E-state index < -0.39 is 12.0 Å². The van der Waals surface area contributed by atoms with Crippen molar-refractivity contribution in [1.29, 1.82) is 5.26 Å². The van der Waals surface area contributed by atoms with Gasteiger partial charge in [-0.2, -0.15) is 5.26 Å². The zero-order valence-electron chi connectivity index (χ0n) is 13.2. The molecule has 0 spiro atoms. The Labute approximate surface area is 138 Å². The lowest BCUT2D eigenvalue weighted by Crippen LogP contribution is -2.46. The molecule has 8 nitrogen and oxygen atoms in total. The summed E-state index contributed by atoms with van der Waals surface area (Å²) in [6, 6.07) is 1.17. The number of nitrogens with two attached hydrogens (primary N) is 1. The number of nitriles is 1. The molecular formula is C14H19N5O3S. The van der Waals surface area contributed by atoms with Crippen LogP contribution in [-0.2, 0) is 14.3 Å². The highest BCUT2D eigenvalue weighted by atomic mass is 32.2. The number of anilines is 1. The van der Waals surface area contributed by atoms with Crippen LogP contribution in [0.5, 0.6) is 0 Å². The van der Waals surface area contributed by atoms with E-state index in [0.717, 1.165) is 18.2 Å². The maximum atomic E-state index is 12.0. The monoisotopic (exact) mass is 337 g/mol. The summed E-state index contributed by atoms with van der Waals surface area (Å²) < 4.78 is 4.71. The number of hydrogen-bond acceptors (Lipinski definition) is 8. The number of aromatic nitrogens is 2. The highest BCUT2D eigenvalue weighted by Crippen LogP contribution is 2.16. The minimum atomic E-state index is -0.690. The molecule has 0 unspecified atom stereocenters. The van der Waals surface area contributed by atoms with Crippen LogP contribution in [0.25, 0.3) is 0 Å². The number of methoxy groups -OCH3 is 1. The molecule has 0 aliphatic carbocycles. The van der Waals surface area contributed by atoms with Crippen LogP contribution >= 0.6 is 11.8 Å². The quantitative estimate of drug-likeness (QED) is 0.423. The van der Waals surface area contributed by atoms with Crippen molar-refractivity contribution in [3.63, 3.8) is 0 Å². The molecule has 0 fully saturated rings. The van der Waals surface area contributed by atoms with Crippen molar-refractivity contribution in [3.8, 4) is 6.07 Å². The molecule has 0 saturated carbocycles. The van der Waals surface area contributed by atoms with Crippen LogP contribution < -0.4 is 11.1 Å². The van der Waals surface area contributed by atoms with E-state index in [1.54, 1.807) is 0 Å². The number of carbonyl (C=O) groups is 2. The maximum Gasteiger partial charge on any atom is 0.328 e. The van der Waals surface area contributed by atoms with Crippen molar-refractivity contribution in [2.24, 2.45) is 5.92 Å². The van der Waals surface area contributed by atoms with Crippen molar-refractivity contribution in [2.45, 2.75) is 31.5 Å². The van der Waals surface area contributed by atoms with Gasteiger partial charge in [0.05, 0.1) is 19.1 Å². The molecule has 0 aliphatic heterocycles. The fourth-order valence-electron chi connectivity index (χ4n) is 1.68. The third kappa shape index (κ3) is 5.41. The molecule has 0 aliphatic rings. The zero-order valence-corrected chi connectivity index (χ0v) is 14.0. The molecular weight excluding hydrogens is 318 g/mol. The molecule has 1 aromatic rings. The van der Waals surface area contributed by atoms with E-state index in [0.29, 0.717) is 0 Å². The molecule has 1 heterocycles. The van der Waals surface area contributed by atoms with E-state index in [1.165, 1.54) is 13.3 Å². The average molecular weight is 337 g/mol. The number of ether oxygens (including phenoxy) is 1. The highest BCUT2D eigenvalue weighted by Gasteiger charge is 2.26. The Hall–Kier alpha value is -2.34. The number of esters is 1. The van der Waals surface area contributed by atoms with Crippen LogP contribution in [0.1, 0.15) is 25.8 Å². The van der Waals surface area contributed by atoms with E-state index >= 15 is 0 Å². The minimum absolute atomic E-state index is 0.0231. The largest absolute Gasteiger partial charge is 0.467 e. The summed E-state index contributed by atoms with van der Waals surface area (Å²) in [5, 5.41) is 11.7. The summed E-state index contributed by atoms with van der Waals surface area (Å²) in [5.41, 5.74) is 5.77. The van der Waals surface area contributed by atoms with Crippen LogP contribution in [0.4, 0.5) is 5.82 Å². The Morgan fingerprint density at radius 3 is 2.78 bits per heavy atom. The number of nitrogen functional groups attached to an aromatic ring is 1. The van der Waals surface area contributed by atoms with Gasteiger partial charge in [0.1, 0.15) is 23.5 Å². The fourth-order valence-corrected chi connectivity index (χ4v) is 2.31. The van der Waals surface area contributed by atoms with Gasteiger partial charge >= 0.3 is 5.97 Å². The predicted octanol–water partition coefficient (Wildman–Crippen LogP) is 0.726. The first-order valence-electron chi connectivity index (χ1n) is 6.95. The Bertz CT molecular complexity index is 617. The molecule has 0 saturated heterocycles. The van der Waals surface area contributed by atoms with E-state index in [-0.39, 0.29) is 34.1 Å². The summed E-state index contributed by atoms with van der Waals surface area (Å²) in [5.74, 6) is -0.764. The lowest BCUT2D eigenvalue weighted by molar-refractivity contribution is -0.146. The van der Waals surface area contributed by atoms with Crippen molar-refractivity contribution < 1.29 is 14.3 Å². The topological polar surface area (TPSA) is 131 Å². The first-order valence-corrected chi connectivity index (χ1v) is 7.94.